The minimum Gasteiger partial charge on any atom is -0.451 e. The maximum atomic E-state index is 7.69. The zero-order chi connectivity index (χ0) is 27.5. The lowest BCUT2D eigenvalue weighted by molar-refractivity contribution is 0.236. The average molecular weight is 602 g/mol. The van der Waals surface area contributed by atoms with Crippen LogP contribution in [-0.4, -0.2) is 9.75 Å². The van der Waals surface area contributed by atoms with Crippen LogP contribution < -0.4 is 0 Å². The van der Waals surface area contributed by atoms with E-state index in [1.54, 1.807) is 0 Å². The monoisotopic (exact) mass is 600 g/mol. The van der Waals surface area contributed by atoms with E-state index in [1.165, 1.54) is 0 Å². The van der Waals surface area contributed by atoms with Gasteiger partial charge in [0.25, 0.3) is 0 Å². The molecule has 0 spiro atoms. The van der Waals surface area contributed by atoms with Crippen molar-refractivity contribution >= 4 is 69.1 Å². The second-order valence-corrected chi connectivity index (χ2v) is 11.6. The molecule has 3 aliphatic carbocycles. The zero-order valence-electron chi connectivity index (χ0n) is 20.9. The summed E-state index contributed by atoms with van der Waals surface area (Å²) in [7, 11) is 0. The molecule has 2 nitrogen and oxygen atoms in total. The maximum Gasteiger partial charge on any atom is 0.177 e. The highest BCUT2D eigenvalue weighted by molar-refractivity contribution is 6.57. The summed E-state index contributed by atoms with van der Waals surface area (Å²) in [5, 5.41) is 0.365. The summed E-state index contributed by atoms with van der Waals surface area (Å²) in [6.07, 6.45) is 0. The summed E-state index contributed by atoms with van der Waals surface area (Å²) >= 11 is 29.5. The fourth-order valence-corrected chi connectivity index (χ4v) is 7.18. The Morgan fingerprint density at radius 2 is 0.675 bits per heavy atom. The first kappa shape index (κ1) is 25.6. The van der Waals surface area contributed by atoms with Crippen LogP contribution in [0.1, 0.15) is 22.3 Å². The third-order valence-electron chi connectivity index (χ3n) is 7.38. The van der Waals surface area contributed by atoms with Crippen molar-refractivity contribution in [2.75, 3.05) is 0 Å². The number of rotatable bonds is 4. The van der Waals surface area contributed by atoms with Crippen LogP contribution in [0.2, 0.25) is 0 Å². The normalized spacial score (nSPS) is 23.7. The molecular formula is C34H20Cl4O2. The second-order valence-electron chi connectivity index (χ2n) is 9.68. The number of allylic oxidation sites excluding steroid dienone is 2. The Hall–Kier alpha value is -3.40. The molecule has 4 aromatic rings. The van der Waals surface area contributed by atoms with Crippen molar-refractivity contribution in [1.82, 2.24) is 0 Å². The minimum atomic E-state index is -1.50. The zero-order valence-corrected chi connectivity index (χ0v) is 23.9. The lowest BCUT2D eigenvalue weighted by Gasteiger charge is -2.51. The van der Waals surface area contributed by atoms with Gasteiger partial charge in [-0.1, -0.05) is 168 Å². The summed E-state index contributed by atoms with van der Waals surface area (Å²) in [6.45, 7) is 0. The average Bonchev–Trinajstić information content (AvgIpc) is 3.02. The van der Waals surface area contributed by atoms with Gasteiger partial charge in [0.2, 0.25) is 0 Å². The molecular weight excluding hydrogens is 582 g/mol. The maximum absolute atomic E-state index is 7.69. The number of hydrogen-bond donors (Lipinski definition) is 0. The highest BCUT2D eigenvalue weighted by Crippen LogP contribution is 2.69. The van der Waals surface area contributed by atoms with Gasteiger partial charge in [0.15, 0.2) is 32.8 Å². The highest BCUT2D eigenvalue weighted by Gasteiger charge is 2.66. The van der Waals surface area contributed by atoms with Crippen molar-refractivity contribution in [2.24, 2.45) is 0 Å². The van der Waals surface area contributed by atoms with Crippen LogP contribution in [0.5, 0.6) is 0 Å². The summed E-state index contributed by atoms with van der Waals surface area (Å²) in [5.41, 5.74) is 4.72. The predicted molar refractivity (Wildman–Crippen MR) is 164 cm³/mol. The summed E-state index contributed by atoms with van der Waals surface area (Å²) in [4.78, 5) is -3.00. The van der Waals surface area contributed by atoms with Gasteiger partial charge in [0.05, 0.1) is 10.1 Å². The molecule has 0 fully saturated rings. The van der Waals surface area contributed by atoms with Crippen LogP contribution in [0, 0.1) is 0 Å². The van der Waals surface area contributed by atoms with Gasteiger partial charge in [-0.25, -0.2) is 0 Å². The van der Waals surface area contributed by atoms with Crippen molar-refractivity contribution in [3.63, 3.8) is 0 Å². The highest BCUT2D eigenvalue weighted by atomic mass is 35.5. The Labute approximate surface area is 252 Å². The van der Waals surface area contributed by atoms with Crippen molar-refractivity contribution in [1.29, 1.82) is 0 Å². The molecule has 1 aliphatic heterocycles. The van der Waals surface area contributed by atoms with E-state index in [9.17, 15) is 0 Å². The van der Waals surface area contributed by atoms with Gasteiger partial charge in [-0.15, -0.1) is 0 Å². The van der Waals surface area contributed by atoms with Crippen LogP contribution in [-0.2, 0) is 9.47 Å². The van der Waals surface area contributed by atoms with Crippen LogP contribution in [0.4, 0.5) is 0 Å². The third kappa shape index (κ3) is 3.57. The van der Waals surface area contributed by atoms with Gasteiger partial charge >= 0.3 is 0 Å². The Morgan fingerprint density at radius 1 is 0.400 bits per heavy atom. The molecule has 8 rings (SSSR count). The van der Waals surface area contributed by atoms with Crippen molar-refractivity contribution < 1.29 is 9.47 Å². The summed E-state index contributed by atoms with van der Waals surface area (Å²) < 4.78 is 13.6. The molecule has 2 unspecified atom stereocenters. The molecule has 0 saturated carbocycles. The molecule has 196 valence electrons. The van der Waals surface area contributed by atoms with E-state index < -0.39 is 9.75 Å². The van der Waals surface area contributed by atoms with Gasteiger partial charge in [0.1, 0.15) is 0 Å². The smallest absolute Gasteiger partial charge is 0.177 e. The lowest BCUT2D eigenvalue weighted by atomic mass is 9.68. The molecule has 0 amide bonds. The van der Waals surface area contributed by atoms with E-state index in [2.05, 4.69) is 0 Å². The first-order valence-electron chi connectivity index (χ1n) is 12.7. The van der Waals surface area contributed by atoms with Crippen molar-refractivity contribution in [3.8, 4) is 0 Å². The first-order valence-corrected chi connectivity index (χ1v) is 14.2. The fraction of sp³-hybridized carbons (Fsp3) is 0.0588. The number of benzene rings is 4. The largest absolute Gasteiger partial charge is 0.451 e. The molecule has 4 aliphatic rings. The van der Waals surface area contributed by atoms with Gasteiger partial charge < -0.3 is 9.47 Å². The summed E-state index contributed by atoms with van der Waals surface area (Å²) in [5.74, 6) is 1.62. The van der Waals surface area contributed by atoms with Gasteiger partial charge in [-0.3, -0.25) is 0 Å². The Bertz CT molecular complexity index is 1630. The molecule has 40 heavy (non-hydrogen) atoms. The standard InChI is InChI=1S/C34H20Cl4O2/c35-29-30(36)34(38)26(22-15-7-2-8-16-22)25(21-13-5-1-6-14-21)33(29,37)31-32(34)40-28(24-19-11-4-12-20-24)27(39-31)23-17-9-3-10-18-23/h1-20H. The fourth-order valence-electron chi connectivity index (χ4n) is 5.59. The van der Waals surface area contributed by atoms with Crippen LogP contribution in [0.3, 0.4) is 0 Å². The number of ether oxygens (including phenoxy) is 2. The topological polar surface area (TPSA) is 18.5 Å². The van der Waals surface area contributed by atoms with Gasteiger partial charge in [0, 0.05) is 11.1 Å². The minimum absolute atomic E-state index is 0.183. The molecule has 0 aromatic heterocycles. The van der Waals surface area contributed by atoms with E-state index in [1.807, 2.05) is 121 Å². The molecule has 2 bridgehead atoms. The molecule has 2 atom stereocenters. The number of halogens is 4. The number of hydrogen-bond acceptors (Lipinski definition) is 2. The Balaban J connectivity index is 1.53. The van der Waals surface area contributed by atoms with E-state index >= 15 is 0 Å². The second kappa shape index (κ2) is 9.61. The molecule has 6 heteroatoms. The molecule has 0 N–H and O–H groups in total. The van der Waals surface area contributed by atoms with Gasteiger partial charge in [-0.2, -0.15) is 0 Å². The number of alkyl halides is 2. The Morgan fingerprint density at radius 3 is 0.975 bits per heavy atom. The van der Waals surface area contributed by atoms with Gasteiger partial charge in [-0.05, 0) is 22.3 Å². The van der Waals surface area contributed by atoms with Crippen molar-refractivity contribution in [2.45, 2.75) is 9.75 Å². The molecule has 4 aromatic carbocycles. The van der Waals surface area contributed by atoms with E-state index in [0.717, 1.165) is 22.3 Å². The SMILES string of the molecule is ClC1=C(Cl)C2(Cl)C3=C(OC(c4ccccc4)=C(c4ccccc4)O3)C1(Cl)C(c1ccccc1)=C2c1ccccc1. The van der Waals surface area contributed by atoms with E-state index in [-0.39, 0.29) is 10.1 Å². The molecule has 0 saturated heterocycles. The van der Waals surface area contributed by atoms with Crippen LogP contribution in [0.25, 0.3) is 22.7 Å². The van der Waals surface area contributed by atoms with E-state index in [4.69, 9.17) is 55.9 Å². The quantitative estimate of drug-likeness (QED) is 0.217. The summed E-state index contributed by atoms with van der Waals surface area (Å²) in [6, 6.07) is 39.1. The predicted octanol–water partition coefficient (Wildman–Crippen LogP) is 10.1. The Kier molecular flexibility index (Phi) is 6.14. The third-order valence-corrected chi connectivity index (χ3v) is 9.71. The molecule has 1 heterocycles. The van der Waals surface area contributed by atoms with Crippen LogP contribution in [0.15, 0.2) is 143 Å². The van der Waals surface area contributed by atoms with Crippen molar-refractivity contribution in [3.05, 3.63) is 165 Å². The molecule has 0 radical (unpaired) electrons. The van der Waals surface area contributed by atoms with E-state index in [0.29, 0.717) is 34.2 Å². The first-order chi connectivity index (χ1) is 19.5. The lowest BCUT2D eigenvalue weighted by Crippen LogP contribution is -2.49. The van der Waals surface area contributed by atoms with Crippen LogP contribution >= 0.6 is 46.4 Å².